The Bertz CT molecular complexity index is 2990. The van der Waals surface area contributed by atoms with E-state index in [9.17, 15) is 10.2 Å². The third kappa shape index (κ3) is 12.0. The van der Waals surface area contributed by atoms with Crippen LogP contribution in [0.2, 0.25) is 0 Å². The number of aliphatic imine (C=N–C) groups is 2. The van der Waals surface area contributed by atoms with E-state index in [0.717, 1.165) is 83.4 Å². The Hall–Kier alpha value is -8.10. The molecular formula is C68H68N2O6. The highest BCUT2D eigenvalue weighted by molar-refractivity contribution is 5.86. The number of rotatable bonds is 8. The van der Waals surface area contributed by atoms with Gasteiger partial charge in [0, 0.05) is 49.2 Å². The van der Waals surface area contributed by atoms with Crippen molar-refractivity contribution in [3.63, 3.8) is 0 Å². The van der Waals surface area contributed by atoms with Crippen molar-refractivity contribution in [2.45, 2.75) is 90.1 Å². The van der Waals surface area contributed by atoms with Gasteiger partial charge in [-0.3, -0.25) is 9.98 Å². The van der Waals surface area contributed by atoms with Gasteiger partial charge in [-0.1, -0.05) is 172 Å². The van der Waals surface area contributed by atoms with Crippen LogP contribution in [0, 0.1) is 0 Å². The number of fused-ring (bicyclic) bond motifs is 9. The van der Waals surface area contributed by atoms with Crippen LogP contribution >= 0.6 is 0 Å². The molecule has 0 amide bonds. The van der Waals surface area contributed by atoms with E-state index in [1.54, 1.807) is 24.6 Å². The van der Waals surface area contributed by atoms with Crippen molar-refractivity contribution >= 4 is 12.4 Å². The van der Waals surface area contributed by atoms with Gasteiger partial charge in [-0.15, -0.1) is 0 Å². The molecule has 2 heterocycles. The zero-order chi connectivity index (χ0) is 52.1. The van der Waals surface area contributed by atoms with Crippen LogP contribution in [0.15, 0.2) is 180 Å². The van der Waals surface area contributed by atoms with E-state index in [1.165, 1.54) is 33.4 Å². The van der Waals surface area contributed by atoms with Crippen LogP contribution in [0.1, 0.15) is 130 Å². The number of ether oxygens (including phenoxy) is 4. The molecule has 0 radical (unpaired) electrons. The number of phenols is 2. The minimum atomic E-state index is -0.514. The topological polar surface area (TPSA) is 102 Å². The van der Waals surface area contributed by atoms with Gasteiger partial charge in [0.25, 0.3) is 0 Å². The first-order valence-electron chi connectivity index (χ1n) is 27.2. The van der Waals surface area contributed by atoms with Gasteiger partial charge in [0.15, 0.2) is 23.0 Å². The lowest BCUT2D eigenvalue weighted by Crippen LogP contribution is -2.14. The van der Waals surface area contributed by atoms with Crippen LogP contribution in [0.3, 0.4) is 0 Å². The monoisotopic (exact) mass is 1010 g/mol. The van der Waals surface area contributed by atoms with E-state index in [4.69, 9.17) is 28.9 Å². The lowest BCUT2D eigenvalue weighted by Gasteiger charge is -2.23. The molecule has 0 unspecified atom stereocenters. The van der Waals surface area contributed by atoms with Crippen LogP contribution in [0.25, 0.3) is 0 Å². The van der Waals surface area contributed by atoms with Crippen molar-refractivity contribution in [3.8, 4) is 34.5 Å². The molecule has 3 aliphatic rings. The fraction of sp³-hybridized carbons (Fsp3) is 0.265. The van der Waals surface area contributed by atoms with Gasteiger partial charge < -0.3 is 29.2 Å². The Balaban J connectivity index is 1.10. The maximum atomic E-state index is 11.8. The van der Waals surface area contributed by atoms with Crippen molar-refractivity contribution in [2.24, 2.45) is 9.98 Å². The summed E-state index contributed by atoms with van der Waals surface area (Å²) in [6.07, 6.45) is 12.4. The van der Waals surface area contributed by atoms with Gasteiger partial charge in [0.2, 0.25) is 0 Å². The van der Waals surface area contributed by atoms with Gasteiger partial charge in [0.05, 0.1) is 0 Å². The molecular weight excluding hydrogens is 941 g/mol. The second kappa shape index (κ2) is 25.0. The first kappa shape index (κ1) is 51.4. The molecule has 386 valence electrons. The Morgan fingerprint density at radius 1 is 0.382 bits per heavy atom. The Morgan fingerprint density at radius 3 is 1.07 bits per heavy atom. The average molecular weight is 1010 g/mol. The SMILES string of the molecule is CCCCc1c2cccc1Cc1cccc3c1OCCOc1cccc(c1O)C=N[C@H](c1ccccc1)[C@@H](c1ccccc1)N=Cc1cccc(c1O)OCCOc1c(cccc1Cc1cccc(c1CCCC)C3)C2. The largest absolute Gasteiger partial charge is 0.504 e. The third-order valence-corrected chi connectivity index (χ3v) is 14.7. The van der Waals surface area contributed by atoms with E-state index in [-0.39, 0.29) is 37.9 Å². The highest BCUT2D eigenvalue weighted by Crippen LogP contribution is 2.40. The molecule has 0 spiro atoms. The summed E-state index contributed by atoms with van der Waals surface area (Å²) in [6.45, 7) is 5.45. The summed E-state index contributed by atoms with van der Waals surface area (Å²) in [5.41, 5.74) is 15.3. The molecule has 2 N–H and O–H groups in total. The van der Waals surface area contributed by atoms with Crippen molar-refractivity contribution in [1.82, 2.24) is 0 Å². The van der Waals surface area contributed by atoms with Gasteiger partial charge in [-0.25, -0.2) is 0 Å². The summed E-state index contributed by atoms with van der Waals surface area (Å²) in [5.74, 6) is 2.42. The molecule has 8 aromatic carbocycles. The molecule has 1 aliphatic carbocycles. The predicted molar refractivity (Wildman–Crippen MR) is 306 cm³/mol. The van der Waals surface area contributed by atoms with E-state index >= 15 is 0 Å². The number of unbranched alkanes of at least 4 members (excludes halogenated alkanes) is 2. The van der Waals surface area contributed by atoms with Crippen molar-refractivity contribution < 1.29 is 29.2 Å². The van der Waals surface area contributed by atoms with Crippen LogP contribution in [-0.4, -0.2) is 49.1 Å². The summed E-state index contributed by atoms with van der Waals surface area (Å²) in [6, 6.07) is 56.7. The maximum absolute atomic E-state index is 11.8. The average Bonchev–Trinajstić information content (AvgIpc) is 3.46. The van der Waals surface area contributed by atoms with Gasteiger partial charge in [0.1, 0.15) is 50.0 Å². The molecule has 2 atom stereocenters. The lowest BCUT2D eigenvalue weighted by atomic mass is 9.86. The number of aromatic hydroxyl groups is 2. The molecule has 0 fully saturated rings. The zero-order valence-corrected chi connectivity index (χ0v) is 43.8. The summed E-state index contributed by atoms with van der Waals surface area (Å²) in [4.78, 5) is 10.4. The molecule has 0 saturated heterocycles. The van der Waals surface area contributed by atoms with E-state index in [2.05, 4.69) is 86.6 Å². The van der Waals surface area contributed by atoms with Crippen molar-refractivity contribution in [2.75, 3.05) is 26.4 Å². The van der Waals surface area contributed by atoms with Crippen molar-refractivity contribution in [3.05, 3.63) is 248 Å². The number of hydrogen-bond acceptors (Lipinski definition) is 8. The van der Waals surface area contributed by atoms with E-state index in [1.807, 2.05) is 84.9 Å². The van der Waals surface area contributed by atoms with Gasteiger partial charge in [-0.2, -0.15) is 0 Å². The standard InChI is InChI=1S/C68H68N2O6/c1-3-5-33-59-49-23-13-24-50(59)42-54-28-16-30-56-44-52-26-14-25-51(60(52)34-6-4-2)43-55-29-15-27-53(41-49)67(55)75-39-37-73-61-35-17-31-57(65(61)71)45-69-63(47-19-9-7-10-20-47)64(48-21-11-8-12-22-48)70-46-58-32-18-36-62(66(58)72)74-38-40-76-68(54)56/h7-32,35-36,45-46,63-64,71-72H,3-6,33-34,37-44H2,1-2H3/t63-,64-/m1/s1. The highest BCUT2D eigenvalue weighted by atomic mass is 16.5. The fourth-order valence-corrected chi connectivity index (χ4v) is 10.8. The summed E-state index contributed by atoms with van der Waals surface area (Å²) >= 11 is 0. The first-order valence-corrected chi connectivity index (χ1v) is 27.2. The Morgan fingerprint density at radius 2 is 0.711 bits per heavy atom. The number of para-hydroxylation sites is 4. The Kier molecular flexibility index (Phi) is 16.9. The molecule has 8 heteroatoms. The summed E-state index contributed by atoms with van der Waals surface area (Å²) in [7, 11) is 0. The molecule has 14 bridgehead atoms. The van der Waals surface area contributed by atoms with Gasteiger partial charge >= 0.3 is 0 Å². The summed E-state index contributed by atoms with van der Waals surface area (Å²) in [5, 5.41) is 23.6. The molecule has 76 heavy (non-hydrogen) atoms. The molecule has 0 saturated carbocycles. The predicted octanol–water partition coefficient (Wildman–Crippen LogP) is 14.7. The van der Waals surface area contributed by atoms with Gasteiger partial charge in [-0.05, 0) is 117 Å². The molecule has 0 aromatic heterocycles. The molecule has 8 aromatic rings. The minimum Gasteiger partial charge on any atom is -0.504 e. The second-order valence-electron chi connectivity index (χ2n) is 19.9. The van der Waals surface area contributed by atoms with Crippen LogP contribution in [0.5, 0.6) is 34.5 Å². The van der Waals surface area contributed by atoms with E-state index < -0.39 is 12.1 Å². The maximum Gasteiger partial charge on any atom is 0.166 e. The molecule has 11 rings (SSSR count). The third-order valence-electron chi connectivity index (χ3n) is 14.7. The number of hydrogen-bond donors (Lipinski definition) is 2. The Labute approximate surface area is 448 Å². The van der Waals surface area contributed by atoms with E-state index in [0.29, 0.717) is 48.3 Å². The lowest BCUT2D eigenvalue weighted by molar-refractivity contribution is 0.210. The second-order valence-corrected chi connectivity index (χ2v) is 19.9. The van der Waals surface area contributed by atoms with Crippen molar-refractivity contribution in [1.29, 1.82) is 0 Å². The number of nitrogens with zero attached hydrogens (tertiary/aromatic N) is 2. The first-order chi connectivity index (χ1) is 37.4. The fourth-order valence-electron chi connectivity index (χ4n) is 10.8. The normalized spacial score (nSPS) is 15.8. The zero-order valence-electron chi connectivity index (χ0n) is 43.8. The van der Waals surface area contributed by atoms with Crippen LogP contribution in [0.4, 0.5) is 0 Å². The van der Waals surface area contributed by atoms with Crippen LogP contribution < -0.4 is 18.9 Å². The quantitative estimate of drug-likeness (QED) is 0.157. The highest BCUT2D eigenvalue weighted by Gasteiger charge is 2.25. The minimum absolute atomic E-state index is 0.0135. The number of phenolic OH excluding ortho intramolecular Hbond substituents is 2. The van der Waals surface area contributed by atoms with Crippen LogP contribution in [-0.2, 0) is 38.5 Å². The molecule has 2 aliphatic heterocycles. The summed E-state index contributed by atoms with van der Waals surface area (Å²) < 4.78 is 26.7. The number of benzene rings is 8. The smallest absolute Gasteiger partial charge is 0.166 e. The molecule has 8 nitrogen and oxygen atoms in total.